The van der Waals surface area contributed by atoms with Gasteiger partial charge in [-0.15, -0.1) is 0 Å². The fourth-order valence-corrected chi connectivity index (χ4v) is 4.09. The summed E-state index contributed by atoms with van der Waals surface area (Å²) < 4.78 is 44.6. The number of methoxy groups -OCH3 is 1. The van der Waals surface area contributed by atoms with Crippen molar-refractivity contribution in [3.05, 3.63) is 59.2 Å². The first-order valence-corrected chi connectivity index (χ1v) is 9.49. The second kappa shape index (κ2) is 8.10. The minimum atomic E-state index is -4.51. The minimum Gasteiger partial charge on any atom is -0.496 e. The van der Waals surface area contributed by atoms with Crippen molar-refractivity contribution >= 4 is 19.2 Å². The van der Waals surface area contributed by atoms with Crippen LogP contribution in [0.3, 0.4) is 0 Å². The molecule has 4 nitrogen and oxygen atoms in total. The van der Waals surface area contributed by atoms with Gasteiger partial charge < -0.3 is 15.0 Å². The Bertz CT molecular complexity index is 889. The van der Waals surface area contributed by atoms with Crippen molar-refractivity contribution in [1.29, 1.82) is 0 Å². The molecule has 1 N–H and O–H groups in total. The molecule has 2 aromatic carbocycles. The van der Waals surface area contributed by atoms with Crippen LogP contribution < -0.4 is 15.5 Å². The molecule has 1 amide bonds. The van der Waals surface area contributed by atoms with Crippen LogP contribution in [0, 0.1) is 0 Å². The van der Waals surface area contributed by atoms with Gasteiger partial charge >= 0.3 is 6.18 Å². The lowest BCUT2D eigenvalue weighted by Crippen LogP contribution is -2.56. The average Bonchev–Trinajstić information content (AvgIpc) is 2.67. The summed E-state index contributed by atoms with van der Waals surface area (Å²) >= 11 is 0. The zero-order chi connectivity index (χ0) is 21.2. The third-order valence-corrected chi connectivity index (χ3v) is 5.44. The number of halogens is 3. The monoisotopic (exact) mass is 404 g/mol. The zero-order valence-corrected chi connectivity index (χ0v) is 16.8. The maximum absolute atomic E-state index is 13.3. The summed E-state index contributed by atoms with van der Waals surface area (Å²) in [6, 6.07) is 11.6. The van der Waals surface area contributed by atoms with E-state index in [9.17, 15) is 18.0 Å². The molecule has 0 radical (unpaired) electrons. The minimum absolute atomic E-state index is 0.0813. The molecule has 2 aromatic rings. The first-order valence-electron chi connectivity index (χ1n) is 9.49. The van der Waals surface area contributed by atoms with Gasteiger partial charge in [0.05, 0.1) is 23.8 Å². The van der Waals surface area contributed by atoms with Crippen LogP contribution in [0.2, 0.25) is 0 Å². The third-order valence-electron chi connectivity index (χ3n) is 5.44. The number of hydrogen-bond acceptors (Lipinski definition) is 3. The van der Waals surface area contributed by atoms with E-state index in [1.807, 2.05) is 37.4 Å². The zero-order valence-electron chi connectivity index (χ0n) is 16.8. The number of amides is 1. The molecular formula is C21H24BF3N2O2. The maximum atomic E-state index is 13.3. The number of nitrogens with one attached hydrogen (secondary N) is 1. The number of rotatable bonds is 4. The molecule has 29 heavy (non-hydrogen) atoms. The molecular weight excluding hydrogens is 380 g/mol. The molecule has 0 saturated carbocycles. The van der Waals surface area contributed by atoms with E-state index in [2.05, 4.69) is 10.2 Å². The number of likely N-dealkylation sites (tertiary alicyclic amines) is 1. The molecule has 8 heteroatoms. The maximum Gasteiger partial charge on any atom is 0.416 e. The van der Waals surface area contributed by atoms with Crippen molar-refractivity contribution in [3.8, 4) is 5.75 Å². The predicted octanol–water partition coefficient (Wildman–Crippen LogP) is 2.32. The van der Waals surface area contributed by atoms with Crippen molar-refractivity contribution in [1.82, 2.24) is 10.2 Å². The van der Waals surface area contributed by atoms with Crippen molar-refractivity contribution < 1.29 is 22.7 Å². The van der Waals surface area contributed by atoms with Crippen molar-refractivity contribution in [2.75, 3.05) is 27.2 Å². The number of benzene rings is 2. The lowest BCUT2D eigenvalue weighted by molar-refractivity contribution is -0.137. The van der Waals surface area contributed by atoms with E-state index in [1.54, 1.807) is 0 Å². The molecule has 1 saturated heterocycles. The summed E-state index contributed by atoms with van der Waals surface area (Å²) in [6.07, 6.45) is -2.87. The summed E-state index contributed by atoms with van der Waals surface area (Å²) in [5.41, 5.74) is -0.126. The fourth-order valence-electron chi connectivity index (χ4n) is 4.09. The molecule has 1 unspecified atom stereocenters. The number of hydrogen-bond donors (Lipinski definition) is 1. The normalized spacial score (nSPS) is 20.3. The van der Waals surface area contributed by atoms with E-state index in [-0.39, 0.29) is 16.8 Å². The van der Waals surface area contributed by atoms with Crippen LogP contribution in [0.15, 0.2) is 42.5 Å². The van der Waals surface area contributed by atoms with Crippen LogP contribution in [-0.4, -0.2) is 45.9 Å². The lowest BCUT2D eigenvalue weighted by atomic mass is 9.81. The Morgan fingerprint density at radius 1 is 1.24 bits per heavy atom. The number of ether oxygens (including phenoxy) is 1. The molecule has 1 aliphatic rings. The van der Waals surface area contributed by atoms with Crippen molar-refractivity contribution in [3.63, 3.8) is 0 Å². The number of nitrogens with zero attached hydrogens (tertiary/aromatic N) is 1. The molecule has 0 spiro atoms. The highest BCUT2D eigenvalue weighted by atomic mass is 19.4. The first kappa shape index (κ1) is 21.2. The van der Waals surface area contributed by atoms with Crippen molar-refractivity contribution in [2.45, 2.75) is 24.6 Å². The molecule has 3 rings (SSSR count). The smallest absolute Gasteiger partial charge is 0.416 e. The standard InChI is InChI=1S/C21H24BF3N2O2/c1-27-10-6-9-20(13-27,14-7-4-3-5-8-14)26-19(28)18-16(22)11-15(21(23,24)25)12-17(18)29-2/h3-5,7-8,11-12H,6,9-10,13,22H2,1-2H3,(H,26,28). The highest BCUT2D eigenvalue weighted by molar-refractivity contribution is 6.37. The van der Waals surface area contributed by atoms with E-state index in [1.165, 1.54) is 15.0 Å². The second-order valence-corrected chi connectivity index (χ2v) is 7.61. The van der Waals surface area contributed by atoms with Gasteiger partial charge in [-0.25, -0.2) is 0 Å². The molecule has 154 valence electrons. The highest BCUT2D eigenvalue weighted by Gasteiger charge is 2.39. The van der Waals surface area contributed by atoms with Crippen LogP contribution in [0.25, 0.3) is 0 Å². The Morgan fingerprint density at radius 3 is 2.52 bits per heavy atom. The first-order chi connectivity index (χ1) is 13.7. The molecule has 1 atom stereocenters. The van der Waals surface area contributed by atoms with E-state index in [0.29, 0.717) is 6.54 Å². The Labute approximate surface area is 169 Å². The van der Waals surface area contributed by atoms with E-state index < -0.39 is 23.2 Å². The van der Waals surface area contributed by atoms with Gasteiger partial charge in [0.2, 0.25) is 0 Å². The Hall–Kier alpha value is -2.48. The van der Waals surface area contributed by atoms with E-state index in [0.717, 1.165) is 37.1 Å². The SMILES string of the molecule is Bc1cc(C(F)(F)F)cc(OC)c1C(=O)NC1(c2ccccc2)CCCN(C)C1. The van der Waals surface area contributed by atoms with Gasteiger partial charge in [0.25, 0.3) is 5.91 Å². The fraction of sp³-hybridized carbons (Fsp3) is 0.381. The summed E-state index contributed by atoms with van der Waals surface area (Å²) in [6.45, 7) is 1.54. The topological polar surface area (TPSA) is 41.6 Å². The van der Waals surface area contributed by atoms with Crippen LogP contribution >= 0.6 is 0 Å². The van der Waals surface area contributed by atoms with Gasteiger partial charge in [-0.05, 0) is 38.1 Å². The summed E-state index contributed by atoms with van der Waals surface area (Å²) in [7, 11) is 4.76. The van der Waals surface area contributed by atoms with Crippen LogP contribution in [0.5, 0.6) is 5.75 Å². The van der Waals surface area contributed by atoms with Crippen molar-refractivity contribution in [2.24, 2.45) is 0 Å². The van der Waals surface area contributed by atoms with Crippen LogP contribution in [-0.2, 0) is 11.7 Å². The van der Waals surface area contributed by atoms with Gasteiger partial charge in [-0.2, -0.15) is 13.2 Å². The molecule has 0 aromatic heterocycles. The van der Waals surface area contributed by atoms with Crippen LogP contribution in [0.1, 0.15) is 34.3 Å². The van der Waals surface area contributed by atoms with E-state index in [4.69, 9.17) is 4.74 Å². The molecule has 0 bridgehead atoms. The Kier molecular flexibility index (Phi) is 5.94. The average molecular weight is 404 g/mol. The molecule has 0 aliphatic carbocycles. The van der Waals surface area contributed by atoms with Gasteiger partial charge in [-0.3, -0.25) is 4.79 Å². The molecule has 1 heterocycles. The summed E-state index contributed by atoms with van der Waals surface area (Å²) in [4.78, 5) is 15.4. The number of carbonyl (C=O) groups is 1. The number of piperidine rings is 1. The number of alkyl halides is 3. The summed E-state index contributed by atoms with van der Waals surface area (Å²) in [5.74, 6) is -0.519. The largest absolute Gasteiger partial charge is 0.496 e. The van der Waals surface area contributed by atoms with Gasteiger partial charge in [0.15, 0.2) is 0 Å². The number of likely N-dealkylation sites (N-methyl/N-ethyl adjacent to an activating group) is 1. The Balaban J connectivity index is 2.01. The van der Waals surface area contributed by atoms with Gasteiger partial charge in [0.1, 0.15) is 13.6 Å². The Morgan fingerprint density at radius 2 is 1.93 bits per heavy atom. The predicted molar refractivity (Wildman–Crippen MR) is 108 cm³/mol. The number of carbonyl (C=O) groups excluding carboxylic acids is 1. The molecule has 1 aliphatic heterocycles. The second-order valence-electron chi connectivity index (χ2n) is 7.61. The lowest BCUT2D eigenvalue weighted by Gasteiger charge is -2.42. The van der Waals surface area contributed by atoms with Gasteiger partial charge in [-0.1, -0.05) is 41.9 Å². The third kappa shape index (κ3) is 4.42. The summed E-state index contributed by atoms with van der Waals surface area (Å²) in [5, 5.41) is 3.13. The quantitative estimate of drug-likeness (QED) is 0.796. The van der Waals surface area contributed by atoms with Crippen LogP contribution in [0.4, 0.5) is 13.2 Å². The molecule has 1 fully saturated rings. The van der Waals surface area contributed by atoms with E-state index >= 15 is 0 Å². The van der Waals surface area contributed by atoms with Gasteiger partial charge in [0, 0.05) is 6.54 Å². The highest BCUT2D eigenvalue weighted by Crippen LogP contribution is 2.34.